The van der Waals surface area contributed by atoms with Crippen molar-refractivity contribution in [3.8, 4) is 0 Å². The van der Waals surface area contributed by atoms with Crippen LogP contribution in [0.2, 0.25) is 0 Å². The Morgan fingerprint density at radius 1 is 1.41 bits per heavy atom. The standard InChI is InChI=1S/C13H23N3O/c1-5-17-11(13(2,3)4)12-15-9-7-10(16-12)6-8-14/h7,9,11H,5-6,8,14H2,1-4H3. The van der Waals surface area contributed by atoms with Gasteiger partial charge in [0.1, 0.15) is 6.10 Å². The number of hydrogen-bond acceptors (Lipinski definition) is 4. The fraction of sp³-hybridized carbons (Fsp3) is 0.692. The Morgan fingerprint density at radius 2 is 2.12 bits per heavy atom. The average molecular weight is 237 g/mol. The van der Waals surface area contributed by atoms with E-state index in [0.717, 1.165) is 17.9 Å². The van der Waals surface area contributed by atoms with Gasteiger partial charge in [0.05, 0.1) is 0 Å². The van der Waals surface area contributed by atoms with Gasteiger partial charge in [-0.1, -0.05) is 20.8 Å². The molecule has 0 aliphatic rings. The molecule has 1 heterocycles. The van der Waals surface area contributed by atoms with Crippen molar-refractivity contribution < 1.29 is 4.74 Å². The minimum absolute atomic E-state index is 0.0165. The number of aromatic nitrogens is 2. The van der Waals surface area contributed by atoms with E-state index in [2.05, 4.69) is 30.7 Å². The lowest BCUT2D eigenvalue weighted by molar-refractivity contribution is -0.0192. The number of rotatable bonds is 5. The minimum Gasteiger partial charge on any atom is -0.370 e. The lowest BCUT2D eigenvalue weighted by atomic mass is 9.88. The molecule has 0 amide bonds. The summed E-state index contributed by atoms with van der Waals surface area (Å²) < 4.78 is 5.77. The van der Waals surface area contributed by atoms with Gasteiger partial charge in [-0.3, -0.25) is 0 Å². The molecule has 0 aromatic carbocycles. The molecule has 1 aromatic rings. The van der Waals surface area contributed by atoms with Crippen LogP contribution in [0, 0.1) is 5.41 Å². The minimum atomic E-state index is -0.0785. The molecule has 0 fully saturated rings. The van der Waals surface area contributed by atoms with Gasteiger partial charge in [-0.15, -0.1) is 0 Å². The van der Waals surface area contributed by atoms with E-state index < -0.39 is 0 Å². The van der Waals surface area contributed by atoms with Crippen molar-refractivity contribution in [2.24, 2.45) is 11.1 Å². The zero-order valence-corrected chi connectivity index (χ0v) is 11.2. The average Bonchev–Trinajstić information content (AvgIpc) is 2.25. The first-order chi connectivity index (χ1) is 7.99. The molecule has 17 heavy (non-hydrogen) atoms. The summed E-state index contributed by atoms with van der Waals surface area (Å²) in [6.07, 6.45) is 2.48. The van der Waals surface area contributed by atoms with E-state index in [0.29, 0.717) is 13.2 Å². The van der Waals surface area contributed by atoms with Crippen LogP contribution in [0.15, 0.2) is 12.3 Å². The third kappa shape index (κ3) is 4.06. The molecule has 0 spiro atoms. The van der Waals surface area contributed by atoms with E-state index in [1.807, 2.05) is 13.0 Å². The van der Waals surface area contributed by atoms with Gasteiger partial charge < -0.3 is 10.5 Å². The van der Waals surface area contributed by atoms with Crippen LogP contribution >= 0.6 is 0 Å². The zero-order valence-electron chi connectivity index (χ0n) is 11.2. The highest BCUT2D eigenvalue weighted by Crippen LogP contribution is 2.33. The topological polar surface area (TPSA) is 61.0 Å². The second-order valence-electron chi connectivity index (χ2n) is 5.15. The van der Waals surface area contributed by atoms with Crippen molar-refractivity contribution in [1.29, 1.82) is 0 Å². The van der Waals surface area contributed by atoms with Crippen molar-refractivity contribution in [2.45, 2.75) is 40.2 Å². The van der Waals surface area contributed by atoms with E-state index >= 15 is 0 Å². The van der Waals surface area contributed by atoms with Gasteiger partial charge in [-0.2, -0.15) is 0 Å². The molecule has 0 aliphatic carbocycles. The molecule has 96 valence electrons. The third-order valence-electron chi connectivity index (χ3n) is 2.49. The lowest BCUT2D eigenvalue weighted by Gasteiger charge is -2.29. The van der Waals surface area contributed by atoms with Crippen LogP contribution in [-0.2, 0) is 11.2 Å². The van der Waals surface area contributed by atoms with Crippen LogP contribution in [0.4, 0.5) is 0 Å². The van der Waals surface area contributed by atoms with Gasteiger partial charge in [0.25, 0.3) is 0 Å². The molecule has 0 aliphatic heterocycles. The lowest BCUT2D eigenvalue weighted by Crippen LogP contribution is -2.24. The molecule has 0 bridgehead atoms. The fourth-order valence-corrected chi connectivity index (χ4v) is 1.70. The molecule has 1 rings (SSSR count). The summed E-state index contributed by atoms with van der Waals surface area (Å²) in [5, 5.41) is 0. The van der Waals surface area contributed by atoms with E-state index in [4.69, 9.17) is 10.5 Å². The largest absolute Gasteiger partial charge is 0.370 e. The van der Waals surface area contributed by atoms with E-state index in [9.17, 15) is 0 Å². The summed E-state index contributed by atoms with van der Waals surface area (Å²) in [6, 6.07) is 1.90. The summed E-state index contributed by atoms with van der Waals surface area (Å²) >= 11 is 0. The second kappa shape index (κ2) is 6.07. The Hall–Kier alpha value is -1.00. The van der Waals surface area contributed by atoms with Gasteiger partial charge >= 0.3 is 0 Å². The maximum absolute atomic E-state index is 5.77. The zero-order chi connectivity index (χ0) is 12.9. The van der Waals surface area contributed by atoms with E-state index in [1.165, 1.54) is 0 Å². The summed E-state index contributed by atoms with van der Waals surface area (Å²) in [5.41, 5.74) is 6.50. The van der Waals surface area contributed by atoms with Crippen LogP contribution in [-0.4, -0.2) is 23.1 Å². The highest BCUT2D eigenvalue weighted by Gasteiger charge is 2.29. The molecule has 0 saturated carbocycles. The first-order valence-corrected chi connectivity index (χ1v) is 6.12. The van der Waals surface area contributed by atoms with Crippen molar-refractivity contribution >= 4 is 0 Å². The number of hydrogen-bond donors (Lipinski definition) is 1. The summed E-state index contributed by atoms with van der Waals surface area (Å²) in [4.78, 5) is 8.86. The van der Waals surface area contributed by atoms with Gasteiger partial charge in [0.2, 0.25) is 0 Å². The predicted molar refractivity (Wildman–Crippen MR) is 68.6 cm³/mol. The second-order valence-corrected chi connectivity index (χ2v) is 5.15. The van der Waals surface area contributed by atoms with Crippen molar-refractivity contribution in [3.63, 3.8) is 0 Å². The molecule has 4 heteroatoms. The molecule has 4 nitrogen and oxygen atoms in total. The molecule has 2 N–H and O–H groups in total. The van der Waals surface area contributed by atoms with Gasteiger partial charge in [-0.05, 0) is 24.9 Å². The van der Waals surface area contributed by atoms with Crippen LogP contribution < -0.4 is 5.73 Å². The van der Waals surface area contributed by atoms with Crippen LogP contribution in [0.3, 0.4) is 0 Å². The Bertz CT molecular complexity index is 347. The molecule has 1 atom stereocenters. The summed E-state index contributed by atoms with van der Waals surface area (Å²) in [7, 11) is 0. The maximum atomic E-state index is 5.77. The SMILES string of the molecule is CCOC(c1nccc(CCN)n1)C(C)(C)C. The van der Waals surface area contributed by atoms with E-state index in [1.54, 1.807) is 6.20 Å². The first kappa shape index (κ1) is 14.1. The van der Waals surface area contributed by atoms with Gasteiger partial charge in [0, 0.05) is 24.9 Å². The monoisotopic (exact) mass is 237 g/mol. The molecular formula is C13H23N3O. The quantitative estimate of drug-likeness (QED) is 0.852. The van der Waals surface area contributed by atoms with Gasteiger partial charge in [0.15, 0.2) is 5.82 Å². The van der Waals surface area contributed by atoms with Crippen molar-refractivity contribution in [1.82, 2.24) is 9.97 Å². The Balaban J connectivity index is 2.97. The maximum Gasteiger partial charge on any atom is 0.157 e. The normalized spacial score (nSPS) is 13.7. The van der Waals surface area contributed by atoms with Crippen LogP contribution in [0.5, 0.6) is 0 Å². The smallest absolute Gasteiger partial charge is 0.157 e. The Morgan fingerprint density at radius 3 is 2.65 bits per heavy atom. The van der Waals surface area contributed by atoms with Gasteiger partial charge in [-0.25, -0.2) is 9.97 Å². The fourth-order valence-electron chi connectivity index (χ4n) is 1.70. The molecule has 0 saturated heterocycles. The predicted octanol–water partition coefficient (Wildman–Crippen LogP) is 2.10. The molecule has 1 aromatic heterocycles. The highest BCUT2D eigenvalue weighted by atomic mass is 16.5. The Labute approximate surface area is 104 Å². The Kier molecular flexibility index (Phi) is 5.02. The van der Waals surface area contributed by atoms with Crippen molar-refractivity contribution in [2.75, 3.05) is 13.2 Å². The molecule has 1 unspecified atom stereocenters. The van der Waals surface area contributed by atoms with Crippen molar-refractivity contribution in [3.05, 3.63) is 23.8 Å². The highest BCUT2D eigenvalue weighted by molar-refractivity contribution is 5.06. The number of ether oxygens (including phenoxy) is 1. The van der Waals surface area contributed by atoms with Crippen LogP contribution in [0.25, 0.3) is 0 Å². The number of nitrogens with zero attached hydrogens (tertiary/aromatic N) is 2. The van der Waals surface area contributed by atoms with E-state index in [-0.39, 0.29) is 11.5 Å². The summed E-state index contributed by atoms with van der Waals surface area (Å²) in [6.45, 7) is 9.64. The number of nitrogens with two attached hydrogens (primary N) is 1. The third-order valence-corrected chi connectivity index (χ3v) is 2.49. The first-order valence-electron chi connectivity index (χ1n) is 6.12. The van der Waals surface area contributed by atoms with Crippen LogP contribution in [0.1, 0.15) is 45.3 Å². The molecular weight excluding hydrogens is 214 g/mol. The molecule has 0 radical (unpaired) electrons. The summed E-state index contributed by atoms with van der Waals surface area (Å²) in [5.74, 6) is 0.755.